The molecule has 0 radical (unpaired) electrons. The number of piperidine rings is 1. The van der Waals surface area contributed by atoms with E-state index in [2.05, 4.69) is 23.8 Å². The van der Waals surface area contributed by atoms with E-state index in [1.807, 2.05) is 11.6 Å². The molecule has 0 spiro atoms. The first-order valence-corrected chi connectivity index (χ1v) is 6.21. The average molecular weight is 222 g/mol. The Morgan fingerprint density at radius 2 is 2.25 bits per heavy atom. The first-order chi connectivity index (χ1) is 7.63. The molecule has 16 heavy (non-hydrogen) atoms. The van der Waals surface area contributed by atoms with Gasteiger partial charge in [0, 0.05) is 19.6 Å². The molecule has 90 valence electrons. The molecular weight excluding hydrogens is 200 g/mol. The fourth-order valence-corrected chi connectivity index (χ4v) is 2.52. The van der Waals surface area contributed by atoms with Crippen molar-refractivity contribution in [1.29, 1.82) is 0 Å². The van der Waals surface area contributed by atoms with E-state index in [-0.39, 0.29) is 0 Å². The van der Waals surface area contributed by atoms with Crippen LogP contribution in [0.4, 0.5) is 11.5 Å². The van der Waals surface area contributed by atoms with Crippen LogP contribution in [0.25, 0.3) is 0 Å². The van der Waals surface area contributed by atoms with Crippen molar-refractivity contribution in [2.24, 2.45) is 5.92 Å². The third-order valence-electron chi connectivity index (χ3n) is 3.40. The minimum Gasteiger partial charge on any atom is -0.394 e. The third kappa shape index (κ3) is 1.88. The first-order valence-electron chi connectivity index (χ1n) is 6.21. The Morgan fingerprint density at radius 1 is 1.50 bits per heavy atom. The molecule has 0 saturated carbocycles. The van der Waals surface area contributed by atoms with E-state index in [0.717, 1.165) is 42.8 Å². The molecule has 1 saturated heterocycles. The number of hydrogen-bond acceptors (Lipinski definition) is 3. The van der Waals surface area contributed by atoms with Gasteiger partial charge in [-0.1, -0.05) is 6.92 Å². The highest BCUT2D eigenvalue weighted by atomic mass is 15.4. The summed E-state index contributed by atoms with van der Waals surface area (Å²) in [5.74, 6) is 1.89. The van der Waals surface area contributed by atoms with Crippen molar-refractivity contribution in [3.05, 3.63) is 5.69 Å². The van der Waals surface area contributed by atoms with Crippen LogP contribution in [0, 0.1) is 12.8 Å². The second-order valence-corrected chi connectivity index (χ2v) is 4.83. The number of rotatable bonds is 2. The van der Waals surface area contributed by atoms with Gasteiger partial charge in [-0.2, -0.15) is 5.10 Å². The van der Waals surface area contributed by atoms with Gasteiger partial charge in [0.25, 0.3) is 0 Å². The van der Waals surface area contributed by atoms with Crippen molar-refractivity contribution in [1.82, 2.24) is 9.78 Å². The summed E-state index contributed by atoms with van der Waals surface area (Å²) < 4.78 is 2.03. The Morgan fingerprint density at radius 3 is 2.88 bits per heavy atom. The van der Waals surface area contributed by atoms with Crippen molar-refractivity contribution < 1.29 is 0 Å². The van der Waals surface area contributed by atoms with Crippen LogP contribution in [-0.2, 0) is 6.54 Å². The molecule has 0 aliphatic carbocycles. The number of nitrogen functional groups attached to an aromatic ring is 1. The molecule has 1 atom stereocenters. The Bertz CT molecular complexity index is 369. The van der Waals surface area contributed by atoms with E-state index in [1.165, 1.54) is 12.8 Å². The maximum atomic E-state index is 6.13. The average Bonchev–Trinajstić information content (AvgIpc) is 2.55. The van der Waals surface area contributed by atoms with E-state index < -0.39 is 0 Å². The number of aryl methyl sites for hydroxylation is 2. The van der Waals surface area contributed by atoms with Crippen molar-refractivity contribution in [2.75, 3.05) is 23.7 Å². The molecule has 4 nitrogen and oxygen atoms in total. The second kappa shape index (κ2) is 4.36. The van der Waals surface area contributed by atoms with Crippen LogP contribution in [0.5, 0.6) is 0 Å². The van der Waals surface area contributed by atoms with Crippen LogP contribution >= 0.6 is 0 Å². The molecule has 2 rings (SSSR count). The van der Waals surface area contributed by atoms with Crippen LogP contribution < -0.4 is 10.6 Å². The minimum atomic E-state index is 0.758. The standard InChI is InChI=1S/C12H22N4/c1-4-16-12(11(13)10(3)14-16)15-7-5-6-9(2)8-15/h9H,4-8,13H2,1-3H3. The molecule has 4 heteroatoms. The fraction of sp³-hybridized carbons (Fsp3) is 0.750. The smallest absolute Gasteiger partial charge is 0.150 e. The number of hydrogen-bond donors (Lipinski definition) is 1. The van der Waals surface area contributed by atoms with Crippen molar-refractivity contribution in [2.45, 2.75) is 40.2 Å². The van der Waals surface area contributed by atoms with Gasteiger partial charge in [-0.3, -0.25) is 0 Å². The van der Waals surface area contributed by atoms with E-state index in [4.69, 9.17) is 5.73 Å². The zero-order valence-electron chi connectivity index (χ0n) is 10.5. The zero-order valence-corrected chi connectivity index (χ0v) is 10.5. The zero-order chi connectivity index (χ0) is 11.7. The molecule has 2 heterocycles. The number of aromatic nitrogens is 2. The summed E-state index contributed by atoms with van der Waals surface area (Å²) in [6, 6.07) is 0. The molecule has 1 aliphatic heterocycles. The lowest BCUT2D eigenvalue weighted by Crippen LogP contribution is -2.36. The van der Waals surface area contributed by atoms with Crippen molar-refractivity contribution >= 4 is 11.5 Å². The number of anilines is 2. The Hall–Kier alpha value is -1.19. The summed E-state index contributed by atoms with van der Waals surface area (Å²) in [4.78, 5) is 2.40. The summed E-state index contributed by atoms with van der Waals surface area (Å²) in [6.07, 6.45) is 2.59. The van der Waals surface area contributed by atoms with Crippen molar-refractivity contribution in [3.63, 3.8) is 0 Å². The quantitative estimate of drug-likeness (QED) is 0.833. The summed E-state index contributed by atoms with van der Waals surface area (Å²) in [7, 11) is 0. The fourth-order valence-electron chi connectivity index (χ4n) is 2.52. The van der Waals surface area contributed by atoms with Crippen molar-refractivity contribution in [3.8, 4) is 0 Å². The second-order valence-electron chi connectivity index (χ2n) is 4.83. The first kappa shape index (κ1) is 11.3. The van der Waals surface area contributed by atoms with Crippen LogP contribution in [-0.4, -0.2) is 22.9 Å². The van der Waals surface area contributed by atoms with Gasteiger partial charge in [-0.25, -0.2) is 4.68 Å². The Kier molecular flexibility index (Phi) is 3.08. The van der Waals surface area contributed by atoms with Gasteiger partial charge >= 0.3 is 0 Å². The predicted octanol–water partition coefficient (Wildman–Crippen LogP) is 2.03. The summed E-state index contributed by atoms with van der Waals surface area (Å²) in [6.45, 7) is 9.51. The summed E-state index contributed by atoms with van der Waals surface area (Å²) in [5, 5.41) is 4.48. The number of nitrogens with two attached hydrogens (primary N) is 1. The summed E-state index contributed by atoms with van der Waals surface area (Å²) >= 11 is 0. The van der Waals surface area contributed by atoms with Crippen LogP contribution in [0.1, 0.15) is 32.4 Å². The molecule has 1 aromatic rings. The summed E-state index contributed by atoms with van der Waals surface area (Å²) in [5.41, 5.74) is 7.94. The Balaban J connectivity index is 2.30. The third-order valence-corrected chi connectivity index (χ3v) is 3.40. The van der Waals surface area contributed by atoms with Crippen LogP contribution in [0.3, 0.4) is 0 Å². The lowest BCUT2D eigenvalue weighted by molar-refractivity contribution is 0.438. The van der Waals surface area contributed by atoms with Gasteiger partial charge in [0.1, 0.15) is 0 Å². The highest BCUT2D eigenvalue weighted by Crippen LogP contribution is 2.30. The topological polar surface area (TPSA) is 47.1 Å². The van der Waals surface area contributed by atoms with E-state index >= 15 is 0 Å². The molecule has 1 aromatic heterocycles. The maximum Gasteiger partial charge on any atom is 0.150 e. The highest BCUT2D eigenvalue weighted by molar-refractivity contribution is 5.66. The lowest BCUT2D eigenvalue weighted by Gasteiger charge is -2.33. The minimum absolute atomic E-state index is 0.758. The van der Waals surface area contributed by atoms with Gasteiger partial charge in [0.05, 0.1) is 11.4 Å². The monoisotopic (exact) mass is 222 g/mol. The lowest BCUT2D eigenvalue weighted by atomic mass is 10.0. The molecule has 0 bridgehead atoms. The maximum absolute atomic E-state index is 6.13. The van der Waals surface area contributed by atoms with Gasteiger partial charge in [0.2, 0.25) is 0 Å². The Labute approximate surface area is 97.4 Å². The van der Waals surface area contributed by atoms with E-state index in [1.54, 1.807) is 0 Å². The normalized spacial score (nSPS) is 21.4. The molecule has 1 aliphatic rings. The highest BCUT2D eigenvalue weighted by Gasteiger charge is 2.22. The largest absolute Gasteiger partial charge is 0.394 e. The number of nitrogens with zero attached hydrogens (tertiary/aromatic N) is 3. The van der Waals surface area contributed by atoms with Crippen LogP contribution in [0.2, 0.25) is 0 Å². The molecule has 1 unspecified atom stereocenters. The van der Waals surface area contributed by atoms with E-state index in [9.17, 15) is 0 Å². The molecule has 2 N–H and O–H groups in total. The van der Waals surface area contributed by atoms with Gasteiger partial charge in [-0.05, 0) is 32.6 Å². The van der Waals surface area contributed by atoms with E-state index in [0.29, 0.717) is 0 Å². The van der Waals surface area contributed by atoms with Gasteiger partial charge < -0.3 is 10.6 Å². The molecule has 0 amide bonds. The molecular formula is C12H22N4. The van der Waals surface area contributed by atoms with Gasteiger partial charge in [0.15, 0.2) is 5.82 Å². The van der Waals surface area contributed by atoms with Crippen LogP contribution in [0.15, 0.2) is 0 Å². The molecule has 1 fully saturated rings. The predicted molar refractivity (Wildman–Crippen MR) is 67.7 cm³/mol. The SMILES string of the molecule is CCn1nc(C)c(N)c1N1CCCC(C)C1. The van der Waals surface area contributed by atoms with Gasteiger partial charge in [-0.15, -0.1) is 0 Å². The molecule has 0 aromatic carbocycles.